The number of carbonyl (C=O) groups excluding carboxylic acids is 1. The Morgan fingerprint density at radius 1 is 1.07 bits per heavy atom. The second-order valence-electron chi connectivity index (χ2n) is 7.06. The van der Waals surface area contributed by atoms with Gasteiger partial charge in [0.15, 0.2) is 11.2 Å². The molecule has 1 aliphatic heterocycles. The Labute approximate surface area is 172 Å². The molecule has 0 aromatic carbocycles. The zero-order valence-electron chi connectivity index (χ0n) is 17.5. The lowest BCUT2D eigenvalue weighted by molar-refractivity contribution is -0.219. The smallest absolute Gasteiger partial charge is 0.303 e. The maximum atomic E-state index is 11.7. The lowest BCUT2D eigenvalue weighted by Gasteiger charge is -2.37. The fraction of sp³-hybridized carbons (Fsp3) is 0.938. The van der Waals surface area contributed by atoms with Crippen LogP contribution in [0.3, 0.4) is 0 Å². The van der Waals surface area contributed by atoms with E-state index in [2.05, 4.69) is 0 Å². The van der Waals surface area contributed by atoms with Crippen LogP contribution in [-0.4, -0.2) is 85.8 Å². The molecule has 1 heterocycles. The molecule has 13 heteroatoms. The Hall–Kier alpha value is -0.830. The van der Waals surface area contributed by atoms with Gasteiger partial charge in [0.25, 0.3) is 20.2 Å². The lowest BCUT2D eigenvalue weighted by atomic mass is 9.88. The molecule has 0 aliphatic carbocycles. The summed E-state index contributed by atoms with van der Waals surface area (Å²) in [5, 5.41) is 0. The fourth-order valence-electron chi connectivity index (χ4n) is 3.07. The van der Waals surface area contributed by atoms with Crippen LogP contribution in [0.25, 0.3) is 0 Å². The van der Waals surface area contributed by atoms with Gasteiger partial charge in [0.1, 0.15) is 19.3 Å². The third-order valence-corrected chi connectivity index (χ3v) is 5.29. The van der Waals surface area contributed by atoms with Crippen LogP contribution in [0.15, 0.2) is 0 Å². The van der Waals surface area contributed by atoms with Crippen LogP contribution in [0, 0.1) is 0 Å². The predicted octanol–water partition coefficient (Wildman–Crippen LogP) is 0.187. The quantitative estimate of drug-likeness (QED) is 0.223. The van der Waals surface area contributed by atoms with Gasteiger partial charge >= 0.3 is 5.97 Å². The Morgan fingerprint density at radius 2 is 1.59 bits per heavy atom. The molecule has 1 aliphatic rings. The lowest BCUT2D eigenvalue weighted by Crippen LogP contribution is -2.58. The molecule has 1 rings (SSSR count). The van der Waals surface area contributed by atoms with Gasteiger partial charge < -0.3 is 18.9 Å². The zero-order valence-corrected chi connectivity index (χ0v) is 19.1. The average Bonchev–Trinajstić information content (AvgIpc) is 2.79. The van der Waals surface area contributed by atoms with Crippen molar-refractivity contribution < 1.29 is 48.9 Å². The third-order valence-electron chi connectivity index (χ3n) is 4.20. The number of methoxy groups -OCH3 is 1. The minimum Gasteiger partial charge on any atom is -0.451 e. The summed E-state index contributed by atoms with van der Waals surface area (Å²) in [7, 11) is -6.56. The van der Waals surface area contributed by atoms with Crippen LogP contribution in [0.1, 0.15) is 33.6 Å². The first-order valence-corrected chi connectivity index (χ1v) is 12.5. The number of esters is 1. The van der Waals surface area contributed by atoms with E-state index >= 15 is 0 Å². The summed E-state index contributed by atoms with van der Waals surface area (Å²) in [6.07, 6.45) is 0.736. The number of unbranched alkanes of at least 4 members (excludes halogenated alkanes) is 1. The minimum atomic E-state index is -3.93. The van der Waals surface area contributed by atoms with E-state index in [4.69, 9.17) is 27.3 Å². The highest BCUT2D eigenvalue weighted by Gasteiger charge is 2.66. The molecule has 0 saturated carbocycles. The number of ether oxygens (including phenoxy) is 4. The zero-order chi connectivity index (χ0) is 22.5. The summed E-state index contributed by atoms with van der Waals surface area (Å²) in [4.78, 5) is 11.7. The highest BCUT2D eigenvalue weighted by Crippen LogP contribution is 2.44. The SMILES string of the molecule is CCCCO[C@@H]1C(COS(C)(=O)=O)(COS(C)(=O)=O)O[C@H](OC)C1(C)OC(C)=O. The molecule has 0 N–H and O–H groups in total. The second-order valence-corrected chi connectivity index (χ2v) is 10.4. The molecule has 1 saturated heterocycles. The van der Waals surface area contributed by atoms with E-state index in [9.17, 15) is 21.6 Å². The first-order chi connectivity index (χ1) is 13.2. The summed E-state index contributed by atoms with van der Waals surface area (Å²) in [6.45, 7) is 3.52. The van der Waals surface area contributed by atoms with Crippen molar-refractivity contribution in [3.63, 3.8) is 0 Å². The first-order valence-electron chi connectivity index (χ1n) is 8.89. The van der Waals surface area contributed by atoms with E-state index in [-0.39, 0.29) is 6.61 Å². The van der Waals surface area contributed by atoms with Crippen LogP contribution < -0.4 is 0 Å². The van der Waals surface area contributed by atoms with Crippen molar-refractivity contribution in [3.05, 3.63) is 0 Å². The molecule has 0 bridgehead atoms. The third kappa shape index (κ3) is 7.42. The van der Waals surface area contributed by atoms with Gasteiger partial charge in [0.05, 0.1) is 12.5 Å². The van der Waals surface area contributed by atoms with Gasteiger partial charge in [-0.05, 0) is 13.3 Å². The number of hydrogen-bond donors (Lipinski definition) is 0. The molecule has 0 radical (unpaired) electrons. The topological polar surface area (TPSA) is 141 Å². The summed E-state index contributed by atoms with van der Waals surface area (Å²) in [6, 6.07) is 0. The monoisotopic (exact) mass is 462 g/mol. The van der Waals surface area contributed by atoms with E-state index < -0.39 is 63.0 Å². The molecular weight excluding hydrogens is 432 g/mol. The number of rotatable bonds is 12. The Bertz CT molecular complexity index is 726. The van der Waals surface area contributed by atoms with Gasteiger partial charge in [-0.1, -0.05) is 13.3 Å². The molecule has 11 nitrogen and oxygen atoms in total. The number of carbonyl (C=O) groups is 1. The van der Waals surface area contributed by atoms with Crippen molar-refractivity contribution in [2.45, 2.75) is 57.2 Å². The van der Waals surface area contributed by atoms with Crippen molar-refractivity contribution in [3.8, 4) is 0 Å². The van der Waals surface area contributed by atoms with E-state index in [1.807, 2.05) is 6.92 Å². The molecule has 1 unspecified atom stereocenters. The molecular formula is C16H30O11S2. The van der Waals surface area contributed by atoms with E-state index in [1.54, 1.807) is 0 Å². The molecule has 3 atom stereocenters. The van der Waals surface area contributed by atoms with Gasteiger partial charge in [-0.3, -0.25) is 13.2 Å². The highest BCUT2D eigenvalue weighted by molar-refractivity contribution is 7.86. The van der Waals surface area contributed by atoms with Crippen molar-refractivity contribution in [1.82, 2.24) is 0 Å². The summed E-state index contributed by atoms with van der Waals surface area (Å²) in [5.74, 6) is -0.661. The molecule has 0 aromatic rings. The van der Waals surface area contributed by atoms with Crippen molar-refractivity contribution in [2.75, 3.05) is 39.4 Å². The van der Waals surface area contributed by atoms with Crippen LogP contribution in [0.4, 0.5) is 0 Å². The van der Waals surface area contributed by atoms with Gasteiger partial charge in [-0.2, -0.15) is 16.8 Å². The van der Waals surface area contributed by atoms with E-state index in [0.717, 1.165) is 18.9 Å². The van der Waals surface area contributed by atoms with Crippen LogP contribution in [0.5, 0.6) is 0 Å². The number of hydrogen-bond acceptors (Lipinski definition) is 11. The first kappa shape index (κ1) is 26.2. The maximum absolute atomic E-state index is 11.7. The highest BCUT2D eigenvalue weighted by atomic mass is 32.2. The van der Waals surface area contributed by atoms with Gasteiger partial charge in [0.2, 0.25) is 6.29 Å². The average molecular weight is 463 g/mol. The van der Waals surface area contributed by atoms with E-state index in [1.165, 1.54) is 21.0 Å². The maximum Gasteiger partial charge on any atom is 0.303 e. The molecule has 1 fully saturated rings. The summed E-state index contributed by atoms with van der Waals surface area (Å²) in [5.41, 5.74) is -3.29. The minimum absolute atomic E-state index is 0.206. The molecule has 29 heavy (non-hydrogen) atoms. The van der Waals surface area contributed by atoms with Crippen molar-refractivity contribution in [1.29, 1.82) is 0 Å². The summed E-state index contributed by atoms with van der Waals surface area (Å²) < 4.78 is 78.7. The largest absolute Gasteiger partial charge is 0.451 e. The van der Waals surface area contributed by atoms with Gasteiger partial charge in [-0.15, -0.1) is 0 Å². The molecule has 0 amide bonds. The Balaban J connectivity index is 3.44. The summed E-state index contributed by atoms with van der Waals surface area (Å²) >= 11 is 0. The standard InChI is InChI=1S/C16H30O11S2/c1-7-8-9-23-13-15(3,26-12(2)17)14(22-4)27-16(13,10-24-28(5,18)19)11-25-29(6,20)21/h13-14H,7-11H2,1-6H3/t13-,14-,15?/m0/s1. The predicted molar refractivity (Wildman–Crippen MR) is 101 cm³/mol. The molecule has 0 aromatic heterocycles. The Kier molecular flexibility index (Phi) is 9.02. The van der Waals surface area contributed by atoms with E-state index in [0.29, 0.717) is 6.42 Å². The van der Waals surface area contributed by atoms with Gasteiger partial charge in [-0.25, -0.2) is 0 Å². The van der Waals surface area contributed by atoms with Crippen LogP contribution in [-0.2, 0) is 52.3 Å². The van der Waals surface area contributed by atoms with Crippen LogP contribution >= 0.6 is 0 Å². The second kappa shape index (κ2) is 9.98. The fourth-order valence-corrected chi connectivity index (χ4v) is 3.90. The molecule has 172 valence electrons. The van der Waals surface area contributed by atoms with Crippen molar-refractivity contribution in [2.24, 2.45) is 0 Å². The Morgan fingerprint density at radius 3 is 1.97 bits per heavy atom. The van der Waals surface area contributed by atoms with Crippen LogP contribution in [0.2, 0.25) is 0 Å². The van der Waals surface area contributed by atoms with Gasteiger partial charge in [0, 0.05) is 20.6 Å². The normalized spacial score (nSPS) is 27.1. The van der Waals surface area contributed by atoms with Crippen molar-refractivity contribution >= 4 is 26.2 Å². The molecule has 0 spiro atoms.